The zero-order valence-electron chi connectivity index (χ0n) is 15.2. The number of sulfonamides is 1. The second kappa shape index (κ2) is 8.73. The molecule has 1 saturated heterocycles. The Morgan fingerprint density at radius 2 is 1.89 bits per heavy atom. The summed E-state index contributed by atoms with van der Waals surface area (Å²) in [6, 6.07) is 12.3. The summed E-state index contributed by atoms with van der Waals surface area (Å²) in [4.78, 5) is 0.120. The Morgan fingerprint density at radius 3 is 2.59 bits per heavy atom. The highest BCUT2D eigenvalue weighted by atomic mass is 35.5. The number of halogens is 1. The molecule has 0 amide bonds. The molecular weight excluding hydrogens is 406 g/mol. The molecule has 1 heterocycles. The van der Waals surface area contributed by atoms with Crippen LogP contribution in [-0.2, 0) is 10.0 Å². The molecule has 0 aliphatic carbocycles. The molecule has 0 N–H and O–H groups in total. The van der Waals surface area contributed by atoms with Crippen LogP contribution in [-0.4, -0.2) is 38.2 Å². The molecule has 0 radical (unpaired) electrons. The van der Waals surface area contributed by atoms with Crippen LogP contribution in [0.1, 0.15) is 24.8 Å². The van der Waals surface area contributed by atoms with Crippen molar-refractivity contribution < 1.29 is 17.9 Å². The fraction of sp³-hybridized carbons (Fsp3) is 0.368. The van der Waals surface area contributed by atoms with E-state index < -0.39 is 10.0 Å². The molecule has 8 heteroatoms. The highest BCUT2D eigenvalue weighted by molar-refractivity contribution is 8.01. The maximum atomic E-state index is 13.5. The Bertz CT molecular complexity index is 904. The minimum absolute atomic E-state index is 0.120. The Kier molecular flexibility index (Phi) is 6.57. The quantitative estimate of drug-likeness (QED) is 0.647. The number of hydrogen-bond acceptors (Lipinski definition) is 5. The second-order valence-electron chi connectivity index (χ2n) is 5.83. The summed E-state index contributed by atoms with van der Waals surface area (Å²) >= 11 is 7.90. The third-order valence-electron chi connectivity index (χ3n) is 4.13. The van der Waals surface area contributed by atoms with E-state index in [2.05, 4.69) is 0 Å². The number of thioether (sulfide) groups is 1. The number of hydrogen-bond donors (Lipinski definition) is 0. The standard InChI is InChI=1S/C19H22ClNO4S2/c1-3-24-14-9-10-17(25-4-2)18(13-14)27(22,23)21-11-12-26-19(21)15-7-5-6-8-16(15)20/h5-10,13,19H,3-4,11-12H2,1-2H3. The summed E-state index contributed by atoms with van der Waals surface area (Å²) in [5.41, 5.74) is 0.796. The van der Waals surface area contributed by atoms with Gasteiger partial charge in [-0.25, -0.2) is 8.42 Å². The van der Waals surface area contributed by atoms with Crippen LogP contribution < -0.4 is 9.47 Å². The van der Waals surface area contributed by atoms with Crippen LogP contribution in [0.25, 0.3) is 0 Å². The molecule has 2 aromatic carbocycles. The number of ether oxygens (including phenoxy) is 2. The summed E-state index contributed by atoms with van der Waals surface area (Å²) in [5, 5.41) is 0.194. The van der Waals surface area contributed by atoms with Crippen molar-refractivity contribution in [2.24, 2.45) is 0 Å². The van der Waals surface area contributed by atoms with E-state index in [-0.39, 0.29) is 10.3 Å². The average molecular weight is 428 g/mol. The lowest BCUT2D eigenvalue weighted by atomic mass is 10.2. The minimum Gasteiger partial charge on any atom is -0.494 e. The highest BCUT2D eigenvalue weighted by Crippen LogP contribution is 2.45. The van der Waals surface area contributed by atoms with Gasteiger partial charge in [-0.05, 0) is 37.6 Å². The van der Waals surface area contributed by atoms with Gasteiger partial charge in [0, 0.05) is 23.4 Å². The van der Waals surface area contributed by atoms with Crippen LogP contribution in [0.5, 0.6) is 11.5 Å². The lowest BCUT2D eigenvalue weighted by Gasteiger charge is -2.25. The Hall–Kier alpha value is -1.41. The molecule has 3 rings (SSSR count). The SMILES string of the molecule is CCOc1ccc(OCC)c(S(=O)(=O)N2CCSC2c2ccccc2Cl)c1. The van der Waals surface area contributed by atoms with Crippen molar-refractivity contribution in [3.63, 3.8) is 0 Å². The molecule has 0 bridgehead atoms. The van der Waals surface area contributed by atoms with Gasteiger partial charge in [0.25, 0.3) is 0 Å². The molecular formula is C19H22ClNO4S2. The van der Waals surface area contributed by atoms with Crippen molar-refractivity contribution in [1.82, 2.24) is 4.31 Å². The minimum atomic E-state index is -3.80. The van der Waals surface area contributed by atoms with E-state index in [1.165, 1.54) is 10.4 Å². The highest BCUT2D eigenvalue weighted by Gasteiger charge is 2.39. The van der Waals surface area contributed by atoms with Gasteiger partial charge in [-0.15, -0.1) is 11.8 Å². The largest absolute Gasteiger partial charge is 0.494 e. The van der Waals surface area contributed by atoms with Crippen LogP contribution in [0, 0.1) is 0 Å². The van der Waals surface area contributed by atoms with E-state index in [1.54, 1.807) is 30.0 Å². The third kappa shape index (κ3) is 4.21. The van der Waals surface area contributed by atoms with Gasteiger partial charge >= 0.3 is 0 Å². The van der Waals surface area contributed by atoms with Gasteiger partial charge in [-0.1, -0.05) is 29.8 Å². The van der Waals surface area contributed by atoms with Crippen LogP contribution in [0.15, 0.2) is 47.4 Å². The van der Waals surface area contributed by atoms with Gasteiger partial charge in [0.15, 0.2) is 0 Å². The smallest absolute Gasteiger partial charge is 0.248 e. The fourth-order valence-corrected chi connectivity index (χ4v) is 6.69. The zero-order chi connectivity index (χ0) is 19.4. The monoisotopic (exact) mass is 427 g/mol. The maximum absolute atomic E-state index is 13.5. The van der Waals surface area contributed by atoms with Gasteiger partial charge in [-0.2, -0.15) is 4.31 Å². The Labute approximate surface area is 169 Å². The van der Waals surface area contributed by atoms with Gasteiger partial charge in [-0.3, -0.25) is 0 Å². The molecule has 2 aromatic rings. The summed E-state index contributed by atoms with van der Waals surface area (Å²) in [5.74, 6) is 1.53. The molecule has 146 valence electrons. The van der Waals surface area contributed by atoms with Crippen LogP contribution >= 0.6 is 23.4 Å². The molecule has 1 aliphatic rings. The van der Waals surface area contributed by atoms with E-state index in [9.17, 15) is 8.42 Å². The molecule has 0 spiro atoms. The first-order valence-corrected chi connectivity index (χ1v) is 11.6. The van der Waals surface area contributed by atoms with Gasteiger partial charge in [0.2, 0.25) is 10.0 Å². The molecule has 1 aliphatic heterocycles. The predicted octanol–water partition coefficient (Wildman–Crippen LogP) is 4.57. The number of rotatable bonds is 7. The molecule has 1 fully saturated rings. The molecule has 0 aromatic heterocycles. The van der Waals surface area contributed by atoms with Gasteiger partial charge in [0.1, 0.15) is 16.4 Å². The van der Waals surface area contributed by atoms with Crippen molar-refractivity contribution in [2.45, 2.75) is 24.1 Å². The Balaban J connectivity index is 2.04. The average Bonchev–Trinajstić information content (AvgIpc) is 3.14. The van der Waals surface area contributed by atoms with Gasteiger partial charge < -0.3 is 9.47 Å². The lowest BCUT2D eigenvalue weighted by molar-refractivity contribution is 0.320. The summed E-state index contributed by atoms with van der Waals surface area (Å²) in [6.07, 6.45) is 0. The Morgan fingerprint density at radius 1 is 1.15 bits per heavy atom. The van der Waals surface area contributed by atoms with Crippen molar-refractivity contribution >= 4 is 33.4 Å². The summed E-state index contributed by atoms with van der Waals surface area (Å²) in [7, 11) is -3.80. The number of benzene rings is 2. The maximum Gasteiger partial charge on any atom is 0.248 e. The topological polar surface area (TPSA) is 55.8 Å². The molecule has 5 nitrogen and oxygen atoms in total. The van der Waals surface area contributed by atoms with E-state index in [0.717, 1.165) is 5.56 Å². The van der Waals surface area contributed by atoms with E-state index in [4.69, 9.17) is 21.1 Å². The van der Waals surface area contributed by atoms with Crippen molar-refractivity contribution in [3.8, 4) is 11.5 Å². The first-order valence-electron chi connectivity index (χ1n) is 8.76. The summed E-state index contributed by atoms with van der Waals surface area (Å²) in [6.45, 7) is 4.92. The normalized spacial score (nSPS) is 17.8. The lowest BCUT2D eigenvalue weighted by Crippen LogP contribution is -2.31. The third-order valence-corrected chi connectivity index (χ3v) is 7.74. The number of nitrogens with zero attached hydrogens (tertiary/aromatic N) is 1. The second-order valence-corrected chi connectivity index (χ2v) is 9.29. The van der Waals surface area contributed by atoms with Crippen LogP contribution in [0.4, 0.5) is 0 Å². The van der Waals surface area contributed by atoms with Gasteiger partial charge in [0.05, 0.1) is 18.6 Å². The molecule has 1 atom stereocenters. The van der Waals surface area contributed by atoms with Crippen LogP contribution in [0.2, 0.25) is 5.02 Å². The predicted molar refractivity (Wildman–Crippen MR) is 109 cm³/mol. The zero-order valence-corrected chi connectivity index (χ0v) is 17.6. The van der Waals surface area contributed by atoms with Crippen LogP contribution in [0.3, 0.4) is 0 Å². The molecule has 1 unspecified atom stereocenters. The van der Waals surface area contributed by atoms with E-state index in [0.29, 0.717) is 42.0 Å². The summed E-state index contributed by atoms with van der Waals surface area (Å²) < 4.78 is 39.6. The molecule has 0 saturated carbocycles. The van der Waals surface area contributed by atoms with E-state index in [1.807, 2.05) is 32.0 Å². The van der Waals surface area contributed by atoms with Crippen molar-refractivity contribution in [2.75, 3.05) is 25.5 Å². The first kappa shape index (κ1) is 20.3. The first-order chi connectivity index (χ1) is 13.0. The van der Waals surface area contributed by atoms with Crippen molar-refractivity contribution in [1.29, 1.82) is 0 Å². The van der Waals surface area contributed by atoms with E-state index >= 15 is 0 Å². The fourth-order valence-electron chi connectivity index (χ4n) is 2.97. The molecule has 27 heavy (non-hydrogen) atoms. The van der Waals surface area contributed by atoms with Crippen molar-refractivity contribution in [3.05, 3.63) is 53.1 Å².